The maximum absolute atomic E-state index is 5.61. The number of aromatic nitrogens is 1. The Morgan fingerprint density at radius 1 is 1.48 bits per heavy atom. The molecule has 110 valence electrons. The fraction of sp³-hybridized carbons (Fsp3) is 0.500. The third kappa shape index (κ3) is 2.58. The number of thiophene rings is 1. The van der Waals surface area contributed by atoms with Crippen molar-refractivity contribution in [2.75, 3.05) is 19.6 Å². The summed E-state index contributed by atoms with van der Waals surface area (Å²) >= 11 is 7.36. The lowest BCUT2D eigenvalue weighted by Crippen LogP contribution is -2.46. The van der Waals surface area contributed by atoms with E-state index >= 15 is 0 Å². The number of aryl methyl sites for hydroxylation is 1. The smallest absolute Gasteiger partial charge is 0.125 e. The van der Waals surface area contributed by atoms with Gasteiger partial charge >= 0.3 is 0 Å². The van der Waals surface area contributed by atoms with Crippen molar-refractivity contribution >= 4 is 38.6 Å². The van der Waals surface area contributed by atoms with Crippen LogP contribution in [0.2, 0.25) is 0 Å². The summed E-state index contributed by atoms with van der Waals surface area (Å²) in [6.45, 7) is 5.72. The zero-order chi connectivity index (χ0) is 14.4. The van der Waals surface area contributed by atoms with Crippen LogP contribution in [0.5, 0.6) is 0 Å². The van der Waals surface area contributed by atoms with Gasteiger partial charge in [0.05, 0.1) is 5.69 Å². The van der Waals surface area contributed by atoms with Crippen molar-refractivity contribution < 1.29 is 0 Å². The quantitative estimate of drug-likeness (QED) is 0.862. The number of piperidine rings is 1. The van der Waals surface area contributed by atoms with Crippen LogP contribution in [0.3, 0.4) is 0 Å². The van der Waals surface area contributed by atoms with Gasteiger partial charge in [0.25, 0.3) is 0 Å². The van der Waals surface area contributed by atoms with E-state index in [1.54, 1.807) is 11.3 Å². The molecule has 0 aliphatic carbocycles. The first-order chi connectivity index (χ1) is 10.2. The van der Waals surface area contributed by atoms with Crippen LogP contribution < -0.4 is 5.32 Å². The van der Waals surface area contributed by atoms with Gasteiger partial charge in [0, 0.05) is 34.9 Å². The molecule has 2 aromatic heterocycles. The van der Waals surface area contributed by atoms with Crippen LogP contribution in [0.1, 0.15) is 24.2 Å². The highest BCUT2D eigenvalue weighted by molar-refractivity contribution is 7.80. The predicted molar refractivity (Wildman–Crippen MR) is 92.1 cm³/mol. The number of hydrogen-bond acceptors (Lipinski definition) is 4. The normalized spacial score (nSPS) is 28.0. The van der Waals surface area contributed by atoms with Crippen LogP contribution in [0.4, 0.5) is 0 Å². The second-order valence-electron chi connectivity index (χ2n) is 6.25. The highest BCUT2D eigenvalue weighted by Crippen LogP contribution is 2.27. The molecule has 0 amide bonds. The lowest BCUT2D eigenvalue weighted by Gasteiger charge is -2.31. The van der Waals surface area contributed by atoms with Gasteiger partial charge in [-0.2, -0.15) is 0 Å². The molecule has 4 heterocycles. The molecule has 1 unspecified atom stereocenters. The summed E-state index contributed by atoms with van der Waals surface area (Å²) < 4.78 is 1.27. The Morgan fingerprint density at radius 3 is 3.24 bits per heavy atom. The van der Waals surface area contributed by atoms with Crippen LogP contribution in [0, 0.1) is 12.8 Å². The molecule has 1 N–H and O–H groups in total. The van der Waals surface area contributed by atoms with Gasteiger partial charge in [-0.3, -0.25) is 0 Å². The Hall–Kier alpha value is -1.04. The summed E-state index contributed by atoms with van der Waals surface area (Å²) in [5.41, 5.74) is 1.99. The summed E-state index contributed by atoms with van der Waals surface area (Å²) in [5.74, 6) is 0.855. The maximum Gasteiger partial charge on any atom is 0.125 e. The highest BCUT2D eigenvalue weighted by Gasteiger charge is 2.32. The van der Waals surface area contributed by atoms with Crippen molar-refractivity contribution in [3.8, 4) is 0 Å². The van der Waals surface area contributed by atoms with E-state index in [-0.39, 0.29) is 0 Å². The van der Waals surface area contributed by atoms with Gasteiger partial charge < -0.3 is 10.2 Å². The van der Waals surface area contributed by atoms with Crippen molar-refractivity contribution in [1.29, 1.82) is 0 Å². The van der Waals surface area contributed by atoms with Crippen molar-refractivity contribution in [3.63, 3.8) is 0 Å². The Kier molecular flexibility index (Phi) is 3.44. The maximum atomic E-state index is 5.61. The summed E-state index contributed by atoms with van der Waals surface area (Å²) in [7, 11) is 0. The zero-order valence-electron chi connectivity index (χ0n) is 12.1. The minimum atomic E-state index is 0.486. The van der Waals surface area contributed by atoms with Gasteiger partial charge in [-0.15, -0.1) is 11.3 Å². The first-order valence-corrected chi connectivity index (χ1v) is 8.86. The van der Waals surface area contributed by atoms with Crippen molar-refractivity contribution in [1.82, 2.24) is 15.2 Å². The van der Waals surface area contributed by atoms with E-state index in [0.717, 1.165) is 28.8 Å². The molecule has 4 rings (SSSR count). The van der Waals surface area contributed by atoms with E-state index in [1.165, 1.54) is 36.0 Å². The summed E-state index contributed by atoms with van der Waals surface area (Å²) in [5, 5.41) is 6.91. The van der Waals surface area contributed by atoms with Gasteiger partial charge in [-0.25, -0.2) is 4.98 Å². The van der Waals surface area contributed by atoms with Gasteiger partial charge in [0.1, 0.15) is 4.99 Å². The number of rotatable bonds is 2. The SMILES string of the molecule is Cc1nc(C(=S)N[C@@H]2C[C@H]3CCN(C3)C2)cc2sccc12. The molecule has 2 aromatic rings. The molecule has 0 aromatic carbocycles. The van der Waals surface area contributed by atoms with Gasteiger partial charge in [-0.1, -0.05) is 12.2 Å². The second kappa shape index (κ2) is 5.30. The van der Waals surface area contributed by atoms with Gasteiger partial charge in [-0.05, 0) is 49.7 Å². The van der Waals surface area contributed by atoms with Gasteiger partial charge in [0.15, 0.2) is 0 Å². The van der Waals surface area contributed by atoms with Crippen molar-refractivity contribution in [2.24, 2.45) is 5.92 Å². The van der Waals surface area contributed by atoms with Crippen LogP contribution in [0.15, 0.2) is 17.5 Å². The first kappa shape index (κ1) is 13.6. The molecule has 2 saturated heterocycles. The second-order valence-corrected chi connectivity index (χ2v) is 7.60. The van der Waals surface area contributed by atoms with Crippen molar-refractivity contribution in [2.45, 2.75) is 25.8 Å². The molecule has 0 radical (unpaired) electrons. The highest BCUT2D eigenvalue weighted by atomic mass is 32.1. The molecular weight excluding hydrogens is 298 g/mol. The topological polar surface area (TPSA) is 28.2 Å². The molecule has 3 atom stereocenters. The van der Waals surface area contributed by atoms with E-state index in [0.29, 0.717) is 6.04 Å². The lowest BCUT2D eigenvalue weighted by molar-refractivity contribution is 0.234. The molecule has 2 fully saturated rings. The summed E-state index contributed by atoms with van der Waals surface area (Å²) in [6, 6.07) is 4.74. The molecular formula is C16H19N3S2. The van der Waals surface area contributed by atoms with Gasteiger partial charge in [0.2, 0.25) is 0 Å². The number of pyridine rings is 1. The van der Waals surface area contributed by atoms with Crippen LogP contribution in [0.25, 0.3) is 10.1 Å². The fourth-order valence-corrected chi connectivity index (χ4v) is 4.81. The van der Waals surface area contributed by atoms with E-state index in [4.69, 9.17) is 12.2 Å². The summed E-state index contributed by atoms with van der Waals surface area (Å²) in [6.07, 6.45) is 2.60. The number of hydrogen-bond donors (Lipinski definition) is 1. The number of nitrogens with one attached hydrogen (secondary N) is 1. The standard InChI is InChI=1S/C16H19N3S2/c1-10-13-3-5-21-15(13)7-14(17-10)16(20)18-12-6-11-2-4-19(8-11)9-12/h3,5,7,11-12H,2,4,6,8-9H2,1H3,(H,18,20)/t11-,12-/m1/s1. The van der Waals surface area contributed by atoms with Crippen LogP contribution in [-0.2, 0) is 0 Å². The Balaban J connectivity index is 1.53. The zero-order valence-corrected chi connectivity index (χ0v) is 13.8. The average Bonchev–Trinajstić information content (AvgIpc) is 3.05. The number of thiocarbonyl (C=S) groups is 1. The van der Waals surface area contributed by atoms with E-state index < -0.39 is 0 Å². The number of nitrogens with zero attached hydrogens (tertiary/aromatic N) is 2. The predicted octanol–water partition coefficient (Wildman–Crippen LogP) is 2.96. The molecule has 2 bridgehead atoms. The lowest BCUT2D eigenvalue weighted by atomic mass is 9.97. The summed E-state index contributed by atoms with van der Waals surface area (Å²) in [4.78, 5) is 8.04. The molecule has 0 spiro atoms. The monoisotopic (exact) mass is 317 g/mol. The average molecular weight is 317 g/mol. The Bertz CT molecular complexity index is 682. The number of fused-ring (bicyclic) bond motifs is 3. The molecule has 3 nitrogen and oxygen atoms in total. The minimum absolute atomic E-state index is 0.486. The van der Waals surface area contributed by atoms with E-state index in [9.17, 15) is 0 Å². The minimum Gasteiger partial charge on any atom is -0.370 e. The van der Waals surface area contributed by atoms with Crippen LogP contribution >= 0.6 is 23.6 Å². The van der Waals surface area contributed by atoms with Crippen molar-refractivity contribution in [3.05, 3.63) is 28.9 Å². The third-order valence-corrected chi connectivity index (χ3v) is 5.87. The van der Waals surface area contributed by atoms with E-state index in [1.807, 2.05) is 0 Å². The first-order valence-electron chi connectivity index (χ1n) is 7.57. The molecule has 0 saturated carbocycles. The largest absolute Gasteiger partial charge is 0.370 e. The Labute approximate surface area is 134 Å². The molecule has 21 heavy (non-hydrogen) atoms. The van der Waals surface area contributed by atoms with E-state index in [2.05, 4.69) is 39.6 Å². The fourth-order valence-electron chi connectivity index (χ4n) is 3.67. The molecule has 2 aliphatic rings. The Morgan fingerprint density at radius 2 is 2.38 bits per heavy atom. The third-order valence-electron chi connectivity index (χ3n) is 4.68. The van der Waals surface area contributed by atoms with Crippen LogP contribution in [-0.4, -0.2) is 40.5 Å². The molecule has 5 heteroatoms. The molecule has 2 aliphatic heterocycles.